The van der Waals surface area contributed by atoms with E-state index in [1.807, 2.05) is 0 Å². The first-order chi connectivity index (χ1) is 3.50. The minimum atomic E-state index is -2.82. The van der Waals surface area contributed by atoms with E-state index >= 15 is 0 Å². The summed E-state index contributed by atoms with van der Waals surface area (Å²) in [4.78, 5) is 0. The van der Waals surface area contributed by atoms with Crippen molar-refractivity contribution >= 4 is 0 Å². The lowest BCUT2D eigenvalue weighted by atomic mass is 10.2. The summed E-state index contributed by atoms with van der Waals surface area (Å²) in [5.74, 6) is -0.694. The maximum atomic E-state index is 12.1. The molecule has 0 unspecified atom stereocenters. The number of hydrogen-bond donors (Lipinski definition) is 1. The fraction of sp³-hybridized carbons (Fsp3) is 0.800. The lowest BCUT2D eigenvalue weighted by Gasteiger charge is -2.17. The van der Waals surface area contributed by atoms with Gasteiger partial charge < -0.3 is 0 Å². The number of nitrogens with one attached hydrogen (secondary N) is 1. The molecule has 0 aromatic heterocycles. The molecule has 0 spiro atoms. The summed E-state index contributed by atoms with van der Waals surface area (Å²) < 4.78 is 24.2. The standard InChI is InChI=1S/C5H10F2N/c1-4(2)5(6,7)8-3/h4,8H,3H2,1-2H3. The van der Waals surface area contributed by atoms with E-state index in [9.17, 15) is 8.78 Å². The summed E-state index contributed by atoms with van der Waals surface area (Å²) in [6, 6.07) is -2.82. The van der Waals surface area contributed by atoms with Crippen molar-refractivity contribution in [2.75, 3.05) is 0 Å². The highest BCUT2D eigenvalue weighted by atomic mass is 19.3. The molecule has 3 heteroatoms. The van der Waals surface area contributed by atoms with E-state index in [0.717, 1.165) is 0 Å². The van der Waals surface area contributed by atoms with Crippen molar-refractivity contribution in [3.8, 4) is 0 Å². The van der Waals surface area contributed by atoms with Crippen LogP contribution in [0.15, 0.2) is 0 Å². The lowest BCUT2D eigenvalue weighted by molar-refractivity contribution is -0.0659. The smallest absolute Gasteiger partial charge is 0.257 e. The molecule has 0 aliphatic rings. The van der Waals surface area contributed by atoms with Crippen LogP contribution in [-0.4, -0.2) is 6.05 Å². The molecule has 0 aromatic rings. The van der Waals surface area contributed by atoms with Crippen LogP contribution in [0.2, 0.25) is 0 Å². The van der Waals surface area contributed by atoms with Crippen molar-refractivity contribution in [2.24, 2.45) is 5.92 Å². The van der Waals surface area contributed by atoms with Crippen molar-refractivity contribution < 1.29 is 8.78 Å². The fourth-order valence-electron chi connectivity index (χ4n) is 0.204. The van der Waals surface area contributed by atoms with Gasteiger partial charge in [0.2, 0.25) is 0 Å². The van der Waals surface area contributed by atoms with Crippen molar-refractivity contribution in [1.82, 2.24) is 5.32 Å². The van der Waals surface area contributed by atoms with Crippen LogP contribution in [-0.2, 0) is 0 Å². The number of halogens is 2. The Morgan fingerprint density at radius 1 is 1.50 bits per heavy atom. The van der Waals surface area contributed by atoms with Crippen molar-refractivity contribution in [2.45, 2.75) is 19.9 Å². The van der Waals surface area contributed by atoms with Gasteiger partial charge in [0.25, 0.3) is 0 Å². The number of alkyl halides is 2. The van der Waals surface area contributed by atoms with Gasteiger partial charge in [0.05, 0.1) is 0 Å². The van der Waals surface area contributed by atoms with Crippen LogP contribution in [0, 0.1) is 13.0 Å². The summed E-state index contributed by atoms with van der Waals surface area (Å²) in [6.45, 7) is 2.86. The Bertz CT molecular complexity index is 70.8. The monoisotopic (exact) mass is 122 g/mol. The molecule has 1 N–H and O–H groups in total. The Labute approximate surface area is 48.1 Å². The Morgan fingerprint density at radius 3 is 1.88 bits per heavy atom. The Hall–Kier alpha value is -0.180. The quantitative estimate of drug-likeness (QED) is 0.549. The molecule has 0 fully saturated rings. The minimum Gasteiger partial charge on any atom is -0.257 e. The average Bonchev–Trinajstić information content (AvgIpc) is 1.67. The van der Waals surface area contributed by atoms with Crippen LogP contribution in [0.1, 0.15) is 13.8 Å². The highest BCUT2D eigenvalue weighted by Gasteiger charge is 2.30. The van der Waals surface area contributed by atoms with E-state index in [1.165, 1.54) is 13.8 Å². The third-order valence-corrected chi connectivity index (χ3v) is 0.961. The summed E-state index contributed by atoms with van der Waals surface area (Å²) in [5, 5.41) is 1.66. The largest absolute Gasteiger partial charge is 0.304 e. The van der Waals surface area contributed by atoms with Gasteiger partial charge in [-0.15, -0.1) is 0 Å². The molecule has 8 heavy (non-hydrogen) atoms. The van der Waals surface area contributed by atoms with Gasteiger partial charge in [0.1, 0.15) is 0 Å². The molecule has 1 radical (unpaired) electrons. The molecule has 1 nitrogen and oxygen atoms in total. The zero-order valence-corrected chi connectivity index (χ0v) is 5.04. The topological polar surface area (TPSA) is 12.0 Å². The molecule has 0 heterocycles. The highest BCUT2D eigenvalue weighted by molar-refractivity contribution is 4.65. The van der Waals surface area contributed by atoms with Crippen molar-refractivity contribution in [1.29, 1.82) is 0 Å². The van der Waals surface area contributed by atoms with E-state index in [2.05, 4.69) is 7.05 Å². The van der Waals surface area contributed by atoms with E-state index < -0.39 is 12.0 Å². The van der Waals surface area contributed by atoms with Gasteiger partial charge in [-0.25, -0.2) is 0 Å². The molecule has 0 aliphatic heterocycles. The molecular formula is C5H10F2N. The molecule has 0 atom stereocenters. The maximum absolute atomic E-state index is 12.1. The summed E-state index contributed by atoms with van der Waals surface area (Å²) in [6.07, 6.45) is 0. The average molecular weight is 122 g/mol. The van der Waals surface area contributed by atoms with E-state index in [0.29, 0.717) is 0 Å². The van der Waals surface area contributed by atoms with Crippen molar-refractivity contribution in [3.05, 3.63) is 7.05 Å². The number of hydrogen-bond acceptors (Lipinski definition) is 1. The maximum Gasteiger partial charge on any atom is 0.304 e. The molecule has 0 aliphatic carbocycles. The van der Waals surface area contributed by atoms with Crippen LogP contribution in [0.25, 0.3) is 0 Å². The predicted molar refractivity (Wildman–Crippen MR) is 28.3 cm³/mol. The third-order valence-electron chi connectivity index (χ3n) is 0.961. The van der Waals surface area contributed by atoms with E-state index in [4.69, 9.17) is 0 Å². The summed E-state index contributed by atoms with van der Waals surface area (Å²) in [5.41, 5.74) is 0. The summed E-state index contributed by atoms with van der Waals surface area (Å²) in [7, 11) is 2.88. The Kier molecular flexibility index (Phi) is 2.34. The SMILES string of the molecule is [CH2]NC(F)(F)C(C)C. The molecule has 0 saturated heterocycles. The normalized spacial score (nSPS) is 12.8. The molecule has 0 saturated carbocycles. The fourth-order valence-corrected chi connectivity index (χ4v) is 0.204. The zero-order chi connectivity index (χ0) is 6.78. The molecule has 0 rings (SSSR count). The second kappa shape index (κ2) is 2.40. The van der Waals surface area contributed by atoms with Crippen LogP contribution in [0.3, 0.4) is 0 Å². The first-order valence-corrected chi connectivity index (χ1v) is 2.42. The lowest BCUT2D eigenvalue weighted by Crippen LogP contribution is -2.36. The van der Waals surface area contributed by atoms with Gasteiger partial charge in [-0.3, -0.25) is 5.32 Å². The van der Waals surface area contributed by atoms with Gasteiger partial charge in [-0.2, -0.15) is 8.78 Å². The predicted octanol–water partition coefficient (Wildman–Crippen LogP) is 1.62. The van der Waals surface area contributed by atoms with Gasteiger partial charge in [-0.1, -0.05) is 13.8 Å². The van der Waals surface area contributed by atoms with Crippen molar-refractivity contribution in [3.63, 3.8) is 0 Å². The first-order valence-electron chi connectivity index (χ1n) is 2.42. The molecule has 0 bridgehead atoms. The summed E-state index contributed by atoms with van der Waals surface area (Å²) >= 11 is 0. The molecule has 0 aromatic carbocycles. The van der Waals surface area contributed by atoms with Gasteiger partial charge in [0, 0.05) is 13.0 Å². The second-order valence-electron chi connectivity index (χ2n) is 1.95. The van der Waals surface area contributed by atoms with Crippen LogP contribution in [0.5, 0.6) is 0 Å². The number of rotatable bonds is 2. The van der Waals surface area contributed by atoms with Gasteiger partial charge in [-0.05, 0) is 0 Å². The van der Waals surface area contributed by atoms with Gasteiger partial charge >= 0.3 is 6.05 Å². The molecular weight excluding hydrogens is 112 g/mol. The van der Waals surface area contributed by atoms with E-state index in [1.54, 1.807) is 5.32 Å². The van der Waals surface area contributed by atoms with Crippen LogP contribution in [0.4, 0.5) is 8.78 Å². The second-order valence-corrected chi connectivity index (χ2v) is 1.95. The Balaban J connectivity index is 3.71. The van der Waals surface area contributed by atoms with E-state index in [-0.39, 0.29) is 0 Å². The van der Waals surface area contributed by atoms with Gasteiger partial charge in [0.15, 0.2) is 0 Å². The molecule has 49 valence electrons. The Morgan fingerprint density at radius 2 is 1.88 bits per heavy atom. The third kappa shape index (κ3) is 1.74. The zero-order valence-electron chi connectivity index (χ0n) is 5.04. The van der Waals surface area contributed by atoms with Crippen LogP contribution >= 0.6 is 0 Å². The molecule has 0 amide bonds. The first kappa shape index (κ1) is 7.82. The van der Waals surface area contributed by atoms with Crippen LogP contribution < -0.4 is 5.32 Å². The minimum absolute atomic E-state index is 0.694. The highest BCUT2D eigenvalue weighted by Crippen LogP contribution is 2.18.